The fourth-order valence-electron chi connectivity index (χ4n) is 3.16. The second-order valence-corrected chi connectivity index (χ2v) is 8.42. The average molecular weight is 422 g/mol. The molecule has 1 aromatic heterocycles. The molecule has 2 heterocycles. The summed E-state index contributed by atoms with van der Waals surface area (Å²) in [7, 11) is 1.29. The van der Waals surface area contributed by atoms with Crippen LogP contribution in [0.3, 0.4) is 0 Å². The van der Waals surface area contributed by atoms with E-state index in [4.69, 9.17) is 19.2 Å². The zero-order chi connectivity index (χ0) is 22.0. The molecule has 0 saturated carbocycles. The number of methoxy groups -OCH3 is 1. The van der Waals surface area contributed by atoms with E-state index in [2.05, 4.69) is 22.8 Å². The maximum absolute atomic E-state index is 11.9. The number of rotatable bonds is 10. The van der Waals surface area contributed by atoms with Gasteiger partial charge in [0.1, 0.15) is 17.5 Å². The molecule has 8 nitrogen and oxygen atoms in total. The highest BCUT2D eigenvalue weighted by atomic mass is 16.6. The van der Waals surface area contributed by atoms with Crippen LogP contribution in [0.1, 0.15) is 57.7 Å². The minimum absolute atomic E-state index is 0.323. The van der Waals surface area contributed by atoms with Crippen LogP contribution in [0.15, 0.2) is 12.1 Å². The zero-order valence-electron chi connectivity index (χ0n) is 18.6. The van der Waals surface area contributed by atoms with Gasteiger partial charge in [-0.1, -0.05) is 6.07 Å². The number of nitrogens with one attached hydrogen (secondary N) is 2. The lowest BCUT2D eigenvalue weighted by molar-refractivity contribution is -0.143. The first-order chi connectivity index (χ1) is 14.3. The summed E-state index contributed by atoms with van der Waals surface area (Å²) in [5, 5.41) is 5.90. The van der Waals surface area contributed by atoms with Crippen molar-refractivity contribution in [1.82, 2.24) is 10.3 Å². The summed E-state index contributed by atoms with van der Waals surface area (Å²) in [6, 6.07) is 3.48. The first kappa shape index (κ1) is 23.9. The molecule has 1 amide bonds. The second-order valence-electron chi connectivity index (χ2n) is 8.42. The van der Waals surface area contributed by atoms with Crippen LogP contribution in [-0.4, -0.2) is 55.6 Å². The predicted molar refractivity (Wildman–Crippen MR) is 115 cm³/mol. The van der Waals surface area contributed by atoms with E-state index in [1.165, 1.54) is 12.7 Å². The summed E-state index contributed by atoms with van der Waals surface area (Å²) in [4.78, 5) is 28.5. The van der Waals surface area contributed by atoms with Crippen LogP contribution in [-0.2, 0) is 31.8 Å². The van der Waals surface area contributed by atoms with Crippen molar-refractivity contribution in [3.05, 3.63) is 23.4 Å². The molecule has 168 valence electrons. The van der Waals surface area contributed by atoms with Crippen LogP contribution >= 0.6 is 0 Å². The molecular weight excluding hydrogens is 386 g/mol. The van der Waals surface area contributed by atoms with Crippen molar-refractivity contribution in [3.8, 4) is 0 Å². The van der Waals surface area contributed by atoms with Gasteiger partial charge in [0.05, 0.1) is 7.11 Å². The van der Waals surface area contributed by atoms with E-state index >= 15 is 0 Å². The molecule has 2 N–H and O–H groups in total. The number of fused-ring (bicyclic) bond motifs is 1. The summed E-state index contributed by atoms with van der Waals surface area (Å²) < 4.78 is 15.6. The summed E-state index contributed by atoms with van der Waals surface area (Å²) in [6.07, 6.45) is 4.71. The van der Waals surface area contributed by atoms with E-state index in [1.54, 1.807) is 20.8 Å². The van der Waals surface area contributed by atoms with Crippen LogP contribution in [0.4, 0.5) is 10.6 Å². The third-order valence-electron chi connectivity index (χ3n) is 4.65. The van der Waals surface area contributed by atoms with Gasteiger partial charge in [0.25, 0.3) is 0 Å². The number of alkyl carbamates (subject to hydrolysis) is 1. The monoisotopic (exact) mass is 421 g/mol. The Kier molecular flexibility index (Phi) is 9.36. The van der Waals surface area contributed by atoms with Gasteiger partial charge < -0.3 is 24.8 Å². The number of carbonyl (C=O) groups is 2. The van der Waals surface area contributed by atoms with Crippen LogP contribution < -0.4 is 10.6 Å². The average Bonchev–Trinajstić information content (AvgIpc) is 2.70. The molecule has 30 heavy (non-hydrogen) atoms. The normalized spacial score (nSPS) is 14.3. The first-order valence-electron chi connectivity index (χ1n) is 10.7. The van der Waals surface area contributed by atoms with Crippen molar-refractivity contribution in [1.29, 1.82) is 0 Å². The Hall–Kier alpha value is -2.35. The lowest BCUT2D eigenvalue weighted by Crippen LogP contribution is -2.44. The fraction of sp³-hybridized carbons (Fsp3) is 0.682. The van der Waals surface area contributed by atoms with Gasteiger partial charge in [0.2, 0.25) is 0 Å². The molecule has 0 fully saturated rings. The van der Waals surface area contributed by atoms with Gasteiger partial charge in [-0.05, 0) is 64.5 Å². The van der Waals surface area contributed by atoms with Crippen molar-refractivity contribution < 1.29 is 23.8 Å². The van der Waals surface area contributed by atoms with Crippen LogP contribution in [0, 0.1) is 0 Å². The smallest absolute Gasteiger partial charge is 0.408 e. The van der Waals surface area contributed by atoms with Crippen LogP contribution in [0.5, 0.6) is 0 Å². The highest BCUT2D eigenvalue weighted by Crippen LogP contribution is 2.20. The third-order valence-corrected chi connectivity index (χ3v) is 4.65. The lowest BCUT2D eigenvalue weighted by Gasteiger charge is -2.22. The van der Waals surface area contributed by atoms with Gasteiger partial charge >= 0.3 is 12.1 Å². The van der Waals surface area contributed by atoms with Gasteiger partial charge in [-0.15, -0.1) is 0 Å². The molecule has 0 aromatic carbocycles. The maximum Gasteiger partial charge on any atom is 0.408 e. The van der Waals surface area contributed by atoms with Crippen molar-refractivity contribution in [2.24, 2.45) is 0 Å². The quantitative estimate of drug-likeness (QED) is 0.442. The van der Waals surface area contributed by atoms with Gasteiger partial charge in [0.15, 0.2) is 0 Å². The van der Waals surface area contributed by atoms with Gasteiger partial charge in [-0.25, -0.2) is 14.6 Å². The minimum Gasteiger partial charge on any atom is -0.467 e. The molecule has 0 spiro atoms. The second kappa shape index (κ2) is 11.7. The molecule has 0 bridgehead atoms. The Bertz CT molecular complexity index is 703. The number of pyridine rings is 1. The van der Waals surface area contributed by atoms with Crippen molar-refractivity contribution in [2.45, 2.75) is 70.9 Å². The molecule has 1 aromatic rings. The molecule has 1 aliphatic rings. The van der Waals surface area contributed by atoms with E-state index < -0.39 is 23.7 Å². The predicted octanol–water partition coefficient (Wildman–Crippen LogP) is 3.24. The van der Waals surface area contributed by atoms with E-state index in [0.29, 0.717) is 19.6 Å². The van der Waals surface area contributed by atoms with E-state index in [0.717, 1.165) is 50.2 Å². The molecule has 0 unspecified atom stereocenters. The number of aryl methyl sites for hydroxylation is 2. The number of hydrogen-bond acceptors (Lipinski definition) is 7. The molecular formula is C22H35N3O5. The number of amides is 1. The molecule has 0 saturated heterocycles. The number of aromatic nitrogens is 1. The fourth-order valence-corrected chi connectivity index (χ4v) is 3.16. The Balaban J connectivity index is 1.63. The standard InChI is InChI=1S/C22H35N3O5/c1-22(2,3)30-21(27)25-18(20(26)28-4)12-15-29-14-6-5-9-17-11-10-16-8-7-13-23-19(16)24-17/h10-11,18H,5-9,12-15H2,1-4H3,(H,23,24)(H,25,27)/t18-/m0/s1. The molecule has 8 heteroatoms. The Labute approximate surface area is 179 Å². The van der Waals surface area contributed by atoms with Crippen LogP contribution in [0.2, 0.25) is 0 Å². The summed E-state index contributed by atoms with van der Waals surface area (Å²) in [5.74, 6) is 0.512. The van der Waals surface area contributed by atoms with Crippen LogP contribution in [0.25, 0.3) is 0 Å². The Morgan fingerprint density at radius 3 is 2.77 bits per heavy atom. The number of unbranched alkanes of at least 4 members (excludes halogenated alkanes) is 1. The first-order valence-corrected chi connectivity index (χ1v) is 10.7. The Morgan fingerprint density at radius 1 is 1.23 bits per heavy atom. The minimum atomic E-state index is -0.794. The lowest BCUT2D eigenvalue weighted by atomic mass is 10.1. The molecule has 1 atom stereocenters. The maximum atomic E-state index is 11.9. The third kappa shape index (κ3) is 8.57. The van der Waals surface area contributed by atoms with E-state index in [1.807, 2.05) is 0 Å². The number of anilines is 1. The SMILES string of the molecule is COC(=O)[C@H](CCOCCCCc1ccc2c(n1)NCCC2)NC(=O)OC(C)(C)C. The number of ether oxygens (including phenoxy) is 3. The number of hydrogen-bond donors (Lipinski definition) is 2. The number of nitrogens with zero attached hydrogens (tertiary/aromatic N) is 1. The topological polar surface area (TPSA) is 98.8 Å². The van der Waals surface area contributed by atoms with Crippen molar-refractivity contribution >= 4 is 17.9 Å². The van der Waals surface area contributed by atoms with Crippen molar-refractivity contribution in [3.63, 3.8) is 0 Å². The van der Waals surface area contributed by atoms with E-state index in [-0.39, 0.29) is 0 Å². The molecule has 2 rings (SSSR count). The number of esters is 1. The zero-order valence-corrected chi connectivity index (χ0v) is 18.6. The van der Waals surface area contributed by atoms with Gasteiger partial charge in [0, 0.05) is 31.9 Å². The molecule has 0 aliphatic carbocycles. The molecule has 0 radical (unpaired) electrons. The summed E-state index contributed by atoms with van der Waals surface area (Å²) >= 11 is 0. The molecule has 1 aliphatic heterocycles. The van der Waals surface area contributed by atoms with E-state index in [9.17, 15) is 9.59 Å². The number of carbonyl (C=O) groups excluding carboxylic acids is 2. The largest absolute Gasteiger partial charge is 0.467 e. The summed E-state index contributed by atoms with van der Waals surface area (Å²) in [5.41, 5.74) is 1.76. The van der Waals surface area contributed by atoms with Gasteiger partial charge in [-0.3, -0.25) is 0 Å². The van der Waals surface area contributed by atoms with Crippen molar-refractivity contribution in [2.75, 3.05) is 32.2 Å². The highest BCUT2D eigenvalue weighted by molar-refractivity contribution is 5.81. The highest BCUT2D eigenvalue weighted by Gasteiger charge is 2.24. The summed E-state index contributed by atoms with van der Waals surface area (Å²) in [6.45, 7) is 7.21. The Morgan fingerprint density at radius 2 is 2.03 bits per heavy atom. The van der Waals surface area contributed by atoms with Gasteiger partial charge in [-0.2, -0.15) is 0 Å².